The molecule has 7 heteroatoms. The van der Waals surface area contributed by atoms with Gasteiger partial charge < -0.3 is 15.4 Å². The Balaban J connectivity index is 1.98. The van der Waals surface area contributed by atoms with E-state index in [4.69, 9.17) is 5.11 Å². The monoisotopic (exact) mass is 291 g/mol. The number of thioether (sulfide) groups is 1. The second-order valence-electron chi connectivity index (χ2n) is 4.04. The number of amides is 1. The molecule has 104 valence electrons. The Bertz CT molecular complexity index is 654. The molecule has 0 bridgehead atoms. The number of nitrogens with zero attached hydrogens (tertiary/aromatic N) is 1. The minimum absolute atomic E-state index is 0.136. The van der Waals surface area contributed by atoms with E-state index in [1.54, 1.807) is 19.1 Å². The lowest BCUT2D eigenvalue weighted by Gasteiger charge is -2.11. The summed E-state index contributed by atoms with van der Waals surface area (Å²) in [5, 5.41) is 11.8. The molecular formula is C13H13N3O3S. The van der Waals surface area contributed by atoms with Gasteiger partial charge in [0.15, 0.2) is 5.16 Å². The summed E-state index contributed by atoms with van der Waals surface area (Å²) in [6.07, 6.45) is 1.39. The van der Waals surface area contributed by atoms with Gasteiger partial charge in [0.25, 0.3) is 5.56 Å². The van der Waals surface area contributed by atoms with Gasteiger partial charge in [0.2, 0.25) is 5.91 Å². The maximum atomic E-state index is 12.0. The van der Waals surface area contributed by atoms with Crippen LogP contribution in [0.2, 0.25) is 0 Å². The third kappa shape index (κ3) is 3.86. The van der Waals surface area contributed by atoms with Crippen LogP contribution < -0.4 is 10.9 Å². The van der Waals surface area contributed by atoms with Gasteiger partial charge in [-0.1, -0.05) is 11.8 Å². The average molecular weight is 291 g/mol. The van der Waals surface area contributed by atoms with Gasteiger partial charge in [-0.15, -0.1) is 0 Å². The summed E-state index contributed by atoms with van der Waals surface area (Å²) in [5.74, 6) is -0.0799. The van der Waals surface area contributed by atoms with Crippen molar-refractivity contribution in [3.8, 4) is 5.75 Å². The number of carbonyl (C=O) groups is 1. The Kier molecular flexibility index (Phi) is 4.41. The van der Waals surface area contributed by atoms with Crippen LogP contribution in [0.15, 0.2) is 46.5 Å². The quantitative estimate of drug-likeness (QED) is 0.452. The van der Waals surface area contributed by atoms with Crippen LogP contribution in [0.1, 0.15) is 6.92 Å². The lowest BCUT2D eigenvalue weighted by molar-refractivity contribution is -0.115. The van der Waals surface area contributed by atoms with Gasteiger partial charge in [-0.2, -0.15) is 0 Å². The van der Waals surface area contributed by atoms with E-state index in [1.165, 1.54) is 24.4 Å². The molecule has 0 fully saturated rings. The van der Waals surface area contributed by atoms with Crippen molar-refractivity contribution in [1.29, 1.82) is 0 Å². The van der Waals surface area contributed by atoms with Crippen LogP contribution in [0.5, 0.6) is 5.75 Å². The van der Waals surface area contributed by atoms with E-state index < -0.39 is 5.25 Å². The molecule has 1 heterocycles. The maximum Gasteiger partial charge on any atom is 0.251 e. The number of carbonyl (C=O) groups excluding carboxylic acids is 1. The zero-order valence-corrected chi connectivity index (χ0v) is 11.5. The highest BCUT2D eigenvalue weighted by Crippen LogP contribution is 2.20. The fourth-order valence-corrected chi connectivity index (χ4v) is 2.20. The molecule has 0 spiro atoms. The van der Waals surface area contributed by atoms with Crippen molar-refractivity contribution in [3.63, 3.8) is 0 Å². The van der Waals surface area contributed by atoms with Crippen molar-refractivity contribution < 1.29 is 9.90 Å². The van der Waals surface area contributed by atoms with E-state index >= 15 is 0 Å². The molecule has 1 aromatic carbocycles. The summed E-state index contributed by atoms with van der Waals surface area (Å²) < 4.78 is 0. The fourth-order valence-electron chi connectivity index (χ4n) is 1.42. The number of phenolic OH excluding ortho intramolecular Hbond substituents is 1. The molecule has 1 amide bonds. The normalized spacial score (nSPS) is 11.8. The van der Waals surface area contributed by atoms with E-state index in [1.807, 2.05) is 0 Å². The van der Waals surface area contributed by atoms with Crippen molar-refractivity contribution in [3.05, 3.63) is 46.9 Å². The number of nitrogens with one attached hydrogen (secondary N) is 2. The maximum absolute atomic E-state index is 12.0. The second-order valence-corrected chi connectivity index (χ2v) is 5.36. The summed E-state index contributed by atoms with van der Waals surface area (Å²) in [7, 11) is 0. The summed E-state index contributed by atoms with van der Waals surface area (Å²) in [5.41, 5.74) is 0.336. The molecule has 1 aromatic heterocycles. The number of hydrogen-bond acceptors (Lipinski definition) is 5. The van der Waals surface area contributed by atoms with Crippen LogP contribution in [-0.4, -0.2) is 26.2 Å². The van der Waals surface area contributed by atoms with Gasteiger partial charge in [-0.25, -0.2) is 4.98 Å². The summed E-state index contributed by atoms with van der Waals surface area (Å²) in [4.78, 5) is 29.6. The summed E-state index contributed by atoms with van der Waals surface area (Å²) in [6.45, 7) is 1.72. The summed E-state index contributed by atoms with van der Waals surface area (Å²) in [6, 6.07) is 7.50. The summed E-state index contributed by atoms with van der Waals surface area (Å²) >= 11 is 1.16. The van der Waals surface area contributed by atoms with E-state index in [9.17, 15) is 9.59 Å². The molecule has 1 atom stereocenters. The first-order valence-corrected chi connectivity index (χ1v) is 6.74. The molecule has 2 aromatic rings. The standard InChI is InChI=1S/C13H13N3O3S/c1-8(20-13-14-7-6-11(18)16-13)12(19)15-9-2-4-10(17)5-3-9/h2-8,17H,1H3,(H,15,19)(H,14,16,18). The number of aromatic nitrogens is 2. The van der Waals surface area contributed by atoms with Gasteiger partial charge in [0.05, 0.1) is 5.25 Å². The number of anilines is 1. The number of aromatic hydroxyl groups is 1. The van der Waals surface area contributed by atoms with Crippen molar-refractivity contribution in [2.24, 2.45) is 0 Å². The molecule has 20 heavy (non-hydrogen) atoms. The molecule has 6 nitrogen and oxygen atoms in total. The van der Waals surface area contributed by atoms with Crippen LogP contribution in [0.4, 0.5) is 5.69 Å². The lowest BCUT2D eigenvalue weighted by Crippen LogP contribution is -2.23. The molecule has 0 aliphatic heterocycles. The van der Waals surface area contributed by atoms with Crippen molar-refractivity contribution in [1.82, 2.24) is 9.97 Å². The molecule has 2 rings (SSSR count). The van der Waals surface area contributed by atoms with Gasteiger partial charge in [0.1, 0.15) is 5.75 Å². The Morgan fingerprint density at radius 3 is 2.70 bits per heavy atom. The van der Waals surface area contributed by atoms with E-state index in [2.05, 4.69) is 15.3 Å². The van der Waals surface area contributed by atoms with E-state index in [0.29, 0.717) is 10.8 Å². The fraction of sp³-hybridized carbons (Fsp3) is 0.154. The first-order valence-electron chi connectivity index (χ1n) is 5.86. The zero-order valence-electron chi connectivity index (χ0n) is 10.7. The number of aromatic amines is 1. The molecule has 0 radical (unpaired) electrons. The Morgan fingerprint density at radius 2 is 2.05 bits per heavy atom. The highest BCUT2D eigenvalue weighted by Gasteiger charge is 2.15. The molecule has 0 saturated carbocycles. The van der Waals surface area contributed by atoms with Gasteiger partial charge >= 0.3 is 0 Å². The number of phenols is 1. The topological polar surface area (TPSA) is 95.1 Å². The number of rotatable bonds is 4. The van der Waals surface area contributed by atoms with Crippen LogP contribution in [0, 0.1) is 0 Å². The minimum atomic E-state index is -0.422. The third-order valence-corrected chi connectivity index (χ3v) is 3.44. The molecule has 3 N–H and O–H groups in total. The van der Waals surface area contributed by atoms with Gasteiger partial charge in [-0.3, -0.25) is 9.59 Å². The molecular weight excluding hydrogens is 278 g/mol. The smallest absolute Gasteiger partial charge is 0.251 e. The second kappa shape index (κ2) is 6.25. The Morgan fingerprint density at radius 1 is 1.35 bits per heavy atom. The number of H-pyrrole nitrogens is 1. The Labute approximate surface area is 119 Å². The number of benzene rings is 1. The Hall–Kier alpha value is -2.28. The van der Waals surface area contributed by atoms with Crippen LogP contribution in [-0.2, 0) is 4.79 Å². The molecule has 1 unspecified atom stereocenters. The lowest BCUT2D eigenvalue weighted by atomic mass is 10.3. The van der Waals surface area contributed by atoms with Crippen LogP contribution >= 0.6 is 11.8 Å². The first kappa shape index (κ1) is 14.1. The van der Waals surface area contributed by atoms with Gasteiger partial charge in [-0.05, 0) is 31.2 Å². The van der Waals surface area contributed by atoms with Gasteiger partial charge in [0, 0.05) is 18.0 Å². The van der Waals surface area contributed by atoms with E-state index in [-0.39, 0.29) is 17.2 Å². The molecule has 0 aliphatic rings. The van der Waals surface area contributed by atoms with Crippen molar-refractivity contribution in [2.45, 2.75) is 17.3 Å². The third-order valence-electron chi connectivity index (χ3n) is 2.44. The SMILES string of the molecule is CC(Sc1nccc(=O)[nH]1)C(=O)Nc1ccc(O)cc1. The minimum Gasteiger partial charge on any atom is -0.508 e. The predicted molar refractivity (Wildman–Crippen MR) is 76.9 cm³/mol. The van der Waals surface area contributed by atoms with Crippen molar-refractivity contribution in [2.75, 3.05) is 5.32 Å². The molecule has 0 aliphatic carbocycles. The van der Waals surface area contributed by atoms with Crippen molar-refractivity contribution >= 4 is 23.4 Å². The van der Waals surface area contributed by atoms with Crippen LogP contribution in [0.3, 0.4) is 0 Å². The first-order chi connectivity index (χ1) is 9.54. The highest BCUT2D eigenvalue weighted by molar-refractivity contribution is 8.00. The average Bonchev–Trinajstić information content (AvgIpc) is 2.41. The van der Waals surface area contributed by atoms with Crippen LogP contribution in [0.25, 0.3) is 0 Å². The molecule has 0 saturated heterocycles. The largest absolute Gasteiger partial charge is 0.508 e. The predicted octanol–water partition coefficient (Wildman–Crippen LogP) is 1.59. The number of hydrogen-bond donors (Lipinski definition) is 3. The zero-order chi connectivity index (χ0) is 14.5. The van der Waals surface area contributed by atoms with E-state index in [0.717, 1.165) is 11.8 Å². The highest BCUT2D eigenvalue weighted by atomic mass is 32.2.